The lowest BCUT2D eigenvalue weighted by molar-refractivity contribution is 0.0581. The fourth-order valence-electron chi connectivity index (χ4n) is 2.29. The molecule has 1 heterocycles. The van der Waals surface area contributed by atoms with Crippen LogP contribution in [0, 0.1) is 5.92 Å². The maximum absolute atomic E-state index is 6.35. The number of benzene rings is 1. The first-order valence-corrected chi connectivity index (χ1v) is 6.68. The van der Waals surface area contributed by atoms with Crippen LogP contribution in [0.3, 0.4) is 0 Å². The molecule has 1 unspecified atom stereocenters. The van der Waals surface area contributed by atoms with Gasteiger partial charge in [0.25, 0.3) is 0 Å². The van der Waals surface area contributed by atoms with Gasteiger partial charge in [0.1, 0.15) is 5.75 Å². The van der Waals surface area contributed by atoms with Gasteiger partial charge in [0, 0.05) is 29.3 Å². The summed E-state index contributed by atoms with van der Waals surface area (Å²) in [6, 6.07) is 6.05. The van der Waals surface area contributed by atoms with Crippen LogP contribution in [-0.4, -0.2) is 20.3 Å². The molecule has 0 amide bonds. The molecule has 17 heavy (non-hydrogen) atoms. The van der Waals surface area contributed by atoms with Crippen molar-refractivity contribution in [2.45, 2.75) is 18.9 Å². The Morgan fingerprint density at radius 3 is 2.76 bits per heavy atom. The quantitative estimate of drug-likeness (QED) is 0.933. The molecule has 1 aromatic rings. The van der Waals surface area contributed by atoms with E-state index in [2.05, 4.69) is 15.9 Å². The van der Waals surface area contributed by atoms with Gasteiger partial charge in [-0.15, -0.1) is 0 Å². The molecule has 2 N–H and O–H groups in total. The molecule has 0 aliphatic carbocycles. The van der Waals surface area contributed by atoms with Gasteiger partial charge in [0.05, 0.1) is 7.11 Å². The van der Waals surface area contributed by atoms with Crippen molar-refractivity contribution >= 4 is 15.9 Å². The third-order valence-corrected chi connectivity index (χ3v) is 3.82. The molecule has 1 saturated heterocycles. The third-order valence-electron chi connectivity index (χ3n) is 3.33. The van der Waals surface area contributed by atoms with Gasteiger partial charge < -0.3 is 15.2 Å². The predicted octanol–water partition coefficient (Wildman–Crippen LogP) is 2.88. The van der Waals surface area contributed by atoms with Crippen molar-refractivity contribution in [1.82, 2.24) is 0 Å². The number of rotatable bonds is 3. The van der Waals surface area contributed by atoms with Crippen LogP contribution in [0.4, 0.5) is 0 Å². The second kappa shape index (κ2) is 5.85. The number of ether oxygens (including phenoxy) is 2. The number of nitrogens with two attached hydrogens (primary N) is 1. The van der Waals surface area contributed by atoms with Crippen LogP contribution >= 0.6 is 15.9 Å². The van der Waals surface area contributed by atoms with Crippen LogP contribution in [0.25, 0.3) is 0 Å². The fourth-order valence-corrected chi connectivity index (χ4v) is 2.63. The summed E-state index contributed by atoms with van der Waals surface area (Å²) in [5.74, 6) is 1.34. The van der Waals surface area contributed by atoms with E-state index in [4.69, 9.17) is 15.2 Å². The van der Waals surface area contributed by atoms with Crippen LogP contribution in [0.2, 0.25) is 0 Å². The molecule has 4 heteroatoms. The average molecular weight is 300 g/mol. The first-order valence-electron chi connectivity index (χ1n) is 5.89. The Hall–Kier alpha value is -0.580. The topological polar surface area (TPSA) is 44.5 Å². The Balaban J connectivity index is 2.19. The van der Waals surface area contributed by atoms with E-state index in [1.54, 1.807) is 7.11 Å². The minimum atomic E-state index is 0.0296. The standard InChI is InChI=1S/C13H18BrNO2/c1-16-12-8-10(14)2-3-11(12)13(15)9-4-6-17-7-5-9/h2-3,8-9,13H,4-7,15H2,1H3. The van der Waals surface area contributed by atoms with Gasteiger partial charge in [-0.1, -0.05) is 22.0 Å². The molecule has 1 aromatic carbocycles. The zero-order chi connectivity index (χ0) is 12.3. The van der Waals surface area contributed by atoms with Crippen molar-refractivity contribution < 1.29 is 9.47 Å². The summed E-state index contributed by atoms with van der Waals surface area (Å²) in [5, 5.41) is 0. The molecular formula is C13H18BrNO2. The van der Waals surface area contributed by atoms with Crippen molar-refractivity contribution in [3.8, 4) is 5.75 Å². The molecular weight excluding hydrogens is 282 g/mol. The largest absolute Gasteiger partial charge is 0.496 e. The number of hydrogen-bond acceptors (Lipinski definition) is 3. The summed E-state index contributed by atoms with van der Waals surface area (Å²) in [6.07, 6.45) is 2.06. The van der Waals surface area contributed by atoms with Crippen molar-refractivity contribution in [1.29, 1.82) is 0 Å². The Labute approximate surface area is 110 Å². The predicted molar refractivity (Wildman–Crippen MR) is 71.2 cm³/mol. The monoisotopic (exact) mass is 299 g/mol. The zero-order valence-electron chi connectivity index (χ0n) is 9.99. The fraction of sp³-hybridized carbons (Fsp3) is 0.538. The zero-order valence-corrected chi connectivity index (χ0v) is 11.6. The molecule has 1 fully saturated rings. The van der Waals surface area contributed by atoms with Gasteiger partial charge in [-0.25, -0.2) is 0 Å². The smallest absolute Gasteiger partial charge is 0.124 e. The van der Waals surface area contributed by atoms with E-state index in [1.165, 1.54) is 0 Å². The highest BCUT2D eigenvalue weighted by atomic mass is 79.9. The maximum atomic E-state index is 6.35. The van der Waals surface area contributed by atoms with E-state index in [-0.39, 0.29) is 6.04 Å². The Morgan fingerprint density at radius 1 is 1.41 bits per heavy atom. The lowest BCUT2D eigenvalue weighted by Gasteiger charge is -2.28. The second-order valence-electron chi connectivity index (χ2n) is 4.36. The van der Waals surface area contributed by atoms with Crippen LogP contribution in [-0.2, 0) is 4.74 Å². The Bertz CT molecular complexity index is 378. The van der Waals surface area contributed by atoms with Crippen molar-refractivity contribution in [3.05, 3.63) is 28.2 Å². The molecule has 0 saturated carbocycles. The second-order valence-corrected chi connectivity index (χ2v) is 5.28. The van der Waals surface area contributed by atoms with Crippen molar-refractivity contribution in [2.24, 2.45) is 11.7 Å². The van der Waals surface area contributed by atoms with E-state index in [1.807, 2.05) is 18.2 Å². The Kier molecular flexibility index (Phi) is 4.42. The van der Waals surface area contributed by atoms with E-state index < -0.39 is 0 Å². The molecule has 2 rings (SSSR count). The first kappa shape index (κ1) is 12.9. The molecule has 0 bridgehead atoms. The normalized spacial score (nSPS) is 19.0. The van der Waals surface area contributed by atoms with Gasteiger partial charge in [-0.3, -0.25) is 0 Å². The highest BCUT2D eigenvalue weighted by Gasteiger charge is 2.24. The van der Waals surface area contributed by atoms with Crippen molar-refractivity contribution in [3.63, 3.8) is 0 Å². The minimum Gasteiger partial charge on any atom is -0.496 e. The summed E-state index contributed by atoms with van der Waals surface area (Å²) < 4.78 is 11.8. The molecule has 0 radical (unpaired) electrons. The van der Waals surface area contributed by atoms with Crippen molar-refractivity contribution in [2.75, 3.05) is 20.3 Å². The average Bonchev–Trinajstić information content (AvgIpc) is 2.39. The number of hydrogen-bond donors (Lipinski definition) is 1. The van der Waals surface area contributed by atoms with E-state index in [9.17, 15) is 0 Å². The molecule has 94 valence electrons. The van der Waals surface area contributed by atoms with Crippen LogP contribution in [0.1, 0.15) is 24.4 Å². The number of halogens is 1. The van der Waals surface area contributed by atoms with Crippen LogP contribution in [0.15, 0.2) is 22.7 Å². The maximum Gasteiger partial charge on any atom is 0.124 e. The van der Waals surface area contributed by atoms with Crippen LogP contribution in [0.5, 0.6) is 5.75 Å². The molecule has 1 aliphatic heterocycles. The summed E-state index contributed by atoms with van der Waals surface area (Å²) in [4.78, 5) is 0. The SMILES string of the molecule is COc1cc(Br)ccc1C(N)C1CCOCC1. The molecule has 0 spiro atoms. The summed E-state index contributed by atoms with van der Waals surface area (Å²) in [5.41, 5.74) is 7.43. The molecule has 3 nitrogen and oxygen atoms in total. The summed E-state index contributed by atoms with van der Waals surface area (Å²) in [6.45, 7) is 1.63. The molecule has 0 aromatic heterocycles. The van der Waals surface area contributed by atoms with E-state index in [0.717, 1.165) is 41.8 Å². The van der Waals surface area contributed by atoms with Gasteiger partial charge >= 0.3 is 0 Å². The molecule has 1 atom stereocenters. The first-order chi connectivity index (χ1) is 8.22. The summed E-state index contributed by atoms with van der Waals surface area (Å²) in [7, 11) is 1.68. The lowest BCUT2D eigenvalue weighted by atomic mass is 9.87. The lowest BCUT2D eigenvalue weighted by Crippen LogP contribution is -2.27. The van der Waals surface area contributed by atoms with Crippen LogP contribution < -0.4 is 10.5 Å². The third kappa shape index (κ3) is 3.00. The van der Waals surface area contributed by atoms with Gasteiger partial charge in [0.2, 0.25) is 0 Å². The van der Waals surface area contributed by atoms with Gasteiger partial charge in [-0.2, -0.15) is 0 Å². The van der Waals surface area contributed by atoms with Gasteiger partial charge in [0.15, 0.2) is 0 Å². The highest BCUT2D eigenvalue weighted by molar-refractivity contribution is 9.10. The summed E-state index contributed by atoms with van der Waals surface area (Å²) >= 11 is 3.44. The van der Waals surface area contributed by atoms with E-state index in [0.29, 0.717) is 5.92 Å². The Morgan fingerprint density at radius 2 is 2.12 bits per heavy atom. The van der Waals surface area contributed by atoms with E-state index >= 15 is 0 Å². The minimum absolute atomic E-state index is 0.0296. The molecule has 1 aliphatic rings. The van der Waals surface area contributed by atoms with Gasteiger partial charge in [-0.05, 0) is 30.9 Å². The number of methoxy groups -OCH3 is 1. The highest BCUT2D eigenvalue weighted by Crippen LogP contribution is 2.34.